The van der Waals surface area contributed by atoms with Crippen LogP contribution in [0.15, 0.2) is 18.6 Å². The molecular formula is C19H23N7O. The van der Waals surface area contributed by atoms with Gasteiger partial charge in [-0.05, 0) is 31.4 Å². The van der Waals surface area contributed by atoms with E-state index < -0.39 is 0 Å². The van der Waals surface area contributed by atoms with Gasteiger partial charge in [-0.25, -0.2) is 16.1 Å². The van der Waals surface area contributed by atoms with Crippen LogP contribution < -0.4 is 0 Å². The highest BCUT2D eigenvalue weighted by atomic mass is 16.2. The van der Waals surface area contributed by atoms with Gasteiger partial charge >= 0.3 is 0 Å². The molecule has 0 unspecified atom stereocenters. The van der Waals surface area contributed by atoms with Gasteiger partial charge in [0, 0.05) is 23.9 Å². The lowest BCUT2D eigenvalue weighted by molar-refractivity contribution is 0.0764. The van der Waals surface area contributed by atoms with Gasteiger partial charge in [0.2, 0.25) is 6.54 Å². The predicted octanol–water partition coefficient (Wildman–Crippen LogP) is 2.93. The standard InChI is InChI=1S/C19H23N7O/c1-6-25(8-7-20-5)19(27)17-15(12(2)3)16(23-24-17)14-9-13(4)18-21-11-22-26(18)10-14/h9-12H,6-8H2,1-4H3,(H,23,24). The lowest BCUT2D eigenvalue weighted by Crippen LogP contribution is -2.33. The average molecular weight is 365 g/mol. The first-order valence-electron chi connectivity index (χ1n) is 8.99. The normalized spacial score (nSPS) is 11.1. The molecule has 3 heterocycles. The van der Waals surface area contributed by atoms with Crippen molar-refractivity contribution in [2.24, 2.45) is 0 Å². The van der Waals surface area contributed by atoms with E-state index in [4.69, 9.17) is 6.57 Å². The first-order chi connectivity index (χ1) is 13.0. The van der Waals surface area contributed by atoms with Gasteiger partial charge in [0.05, 0.1) is 12.2 Å². The van der Waals surface area contributed by atoms with Crippen LogP contribution in [0.3, 0.4) is 0 Å². The quantitative estimate of drug-likeness (QED) is 0.681. The summed E-state index contributed by atoms with van der Waals surface area (Å²) in [5, 5.41) is 11.6. The van der Waals surface area contributed by atoms with Crippen molar-refractivity contribution in [3.63, 3.8) is 0 Å². The second kappa shape index (κ2) is 7.58. The van der Waals surface area contributed by atoms with Crippen LogP contribution in [0.1, 0.15) is 48.3 Å². The number of aromatic amines is 1. The van der Waals surface area contributed by atoms with Gasteiger partial charge in [-0.15, -0.1) is 0 Å². The number of aromatic nitrogens is 5. The lowest BCUT2D eigenvalue weighted by atomic mass is 9.96. The van der Waals surface area contributed by atoms with Crippen molar-refractivity contribution in [1.82, 2.24) is 29.7 Å². The minimum Gasteiger partial charge on any atom is -0.330 e. The minimum absolute atomic E-state index is 0.101. The first kappa shape index (κ1) is 18.6. The number of hydrogen-bond donors (Lipinski definition) is 1. The van der Waals surface area contributed by atoms with Gasteiger partial charge in [0.25, 0.3) is 5.91 Å². The molecule has 0 fully saturated rings. The summed E-state index contributed by atoms with van der Waals surface area (Å²) in [6.45, 7) is 16.2. The maximum Gasteiger partial charge on any atom is 0.272 e. The second-order valence-corrected chi connectivity index (χ2v) is 6.72. The highest BCUT2D eigenvalue weighted by Gasteiger charge is 2.26. The summed E-state index contributed by atoms with van der Waals surface area (Å²) in [4.78, 5) is 22.3. The summed E-state index contributed by atoms with van der Waals surface area (Å²) in [5.41, 5.74) is 4.78. The van der Waals surface area contributed by atoms with E-state index in [-0.39, 0.29) is 11.8 Å². The number of hydrogen-bond acceptors (Lipinski definition) is 4. The van der Waals surface area contributed by atoms with Gasteiger partial charge in [0.1, 0.15) is 12.0 Å². The summed E-state index contributed by atoms with van der Waals surface area (Å²) in [6.07, 6.45) is 3.40. The van der Waals surface area contributed by atoms with E-state index in [1.165, 1.54) is 6.33 Å². The van der Waals surface area contributed by atoms with Crippen LogP contribution in [0.4, 0.5) is 0 Å². The molecule has 0 aliphatic rings. The lowest BCUT2D eigenvalue weighted by Gasteiger charge is -2.19. The maximum absolute atomic E-state index is 13.0. The number of carbonyl (C=O) groups excluding carboxylic acids is 1. The molecule has 3 aromatic heterocycles. The molecule has 0 aliphatic heterocycles. The third kappa shape index (κ3) is 3.40. The number of fused-ring (bicyclic) bond motifs is 1. The molecule has 27 heavy (non-hydrogen) atoms. The molecule has 0 saturated heterocycles. The highest BCUT2D eigenvalue weighted by Crippen LogP contribution is 2.31. The average Bonchev–Trinajstić information content (AvgIpc) is 3.29. The topological polar surface area (TPSA) is 83.5 Å². The minimum atomic E-state index is -0.123. The molecule has 0 radical (unpaired) electrons. The second-order valence-electron chi connectivity index (χ2n) is 6.72. The summed E-state index contributed by atoms with van der Waals surface area (Å²) >= 11 is 0. The van der Waals surface area contributed by atoms with E-state index in [1.807, 2.05) is 40.0 Å². The fourth-order valence-corrected chi connectivity index (χ4v) is 3.25. The smallest absolute Gasteiger partial charge is 0.272 e. The molecular weight excluding hydrogens is 342 g/mol. The van der Waals surface area contributed by atoms with Crippen LogP contribution in [0.25, 0.3) is 21.7 Å². The number of likely N-dealkylation sites (N-methyl/N-ethyl adjacent to an activating group) is 1. The van der Waals surface area contributed by atoms with Crippen molar-refractivity contribution in [3.05, 3.63) is 46.8 Å². The predicted molar refractivity (Wildman–Crippen MR) is 102 cm³/mol. The number of carbonyl (C=O) groups is 1. The third-order valence-corrected chi connectivity index (χ3v) is 4.58. The Balaban J connectivity index is 2.07. The molecule has 0 spiro atoms. The SMILES string of the molecule is [C-]#[N+]CCN(CC)C(=O)c1[nH]nc(-c2cc(C)c3ncnn3c2)c1C(C)C. The summed E-state index contributed by atoms with van der Waals surface area (Å²) in [5.74, 6) is -0.0221. The molecule has 1 N–H and O–H groups in total. The molecule has 0 bridgehead atoms. The number of aryl methyl sites for hydroxylation is 1. The van der Waals surface area contributed by atoms with E-state index in [0.29, 0.717) is 25.3 Å². The largest absolute Gasteiger partial charge is 0.330 e. The molecule has 3 aromatic rings. The van der Waals surface area contributed by atoms with E-state index in [2.05, 4.69) is 25.1 Å². The fourth-order valence-electron chi connectivity index (χ4n) is 3.25. The zero-order valence-electron chi connectivity index (χ0n) is 16.0. The third-order valence-electron chi connectivity index (χ3n) is 4.58. The first-order valence-corrected chi connectivity index (χ1v) is 8.99. The van der Waals surface area contributed by atoms with Gasteiger partial charge in [0.15, 0.2) is 5.65 Å². The molecule has 8 heteroatoms. The van der Waals surface area contributed by atoms with E-state index in [0.717, 1.165) is 28.0 Å². The van der Waals surface area contributed by atoms with Gasteiger partial charge < -0.3 is 9.74 Å². The Bertz CT molecular complexity index is 1010. The van der Waals surface area contributed by atoms with E-state index >= 15 is 0 Å². The highest BCUT2D eigenvalue weighted by molar-refractivity contribution is 5.95. The van der Waals surface area contributed by atoms with Crippen molar-refractivity contribution < 1.29 is 4.79 Å². The van der Waals surface area contributed by atoms with Crippen molar-refractivity contribution in [2.45, 2.75) is 33.6 Å². The molecule has 0 saturated carbocycles. The van der Waals surface area contributed by atoms with Gasteiger partial charge in [-0.1, -0.05) is 13.8 Å². The van der Waals surface area contributed by atoms with Crippen molar-refractivity contribution in [3.8, 4) is 11.3 Å². The number of nitrogens with zero attached hydrogens (tertiary/aromatic N) is 6. The Morgan fingerprint density at radius 1 is 1.44 bits per heavy atom. The van der Waals surface area contributed by atoms with Crippen LogP contribution >= 0.6 is 0 Å². The summed E-state index contributed by atoms with van der Waals surface area (Å²) in [6, 6.07) is 2.01. The Morgan fingerprint density at radius 3 is 2.89 bits per heavy atom. The molecule has 1 amide bonds. The van der Waals surface area contributed by atoms with Gasteiger partial charge in [-0.3, -0.25) is 9.89 Å². The fraction of sp³-hybridized carbons (Fsp3) is 0.421. The molecule has 3 rings (SSSR count). The zero-order chi connectivity index (χ0) is 19.6. The van der Waals surface area contributed by atoms with Crippen molar-refractivity contribution in [2.75, 3.05) is 19.6 Å². The van der Waals surface area contributed by atoms with Gasteiger partial charge in [-0.2, -0.15) is 10.2 Å². The van der Waals surface area contributed by atoms with Crippen LogP contribution in [0, 0.1) is 13.5 Å². The number of rotatable bonds is 6. The number of amides is 1. The molecule has 0 atom stereocenters. The summed E-state index contributed by atoms with van der Waals surface area (Å²) in [7, 11) is 0. The summed E-state index contributed by atoms with van der Waals surface area (Å²) < 4.78 is 1.72. The zero-order valence-corrected chi connectivity index (χ0v) is 16.0. The van der Waals surface area contributed by atoms with Crippen LogP contribution in [-0.2, 0) is 0 Å². The molecule has 0 aliphatic carbocycles. The maximum atomic E-state index is 13.0. The molecule has 140 valence electrons. The van der Waals surface area contributed by atoms with Crippen LogP contribution in [0.2, 0.25) is 0 Å². The number of nitrogens with one attached hydrogen (secondary N) is 1. The van der Waals surface area contributed by atoms with Crippen LogP contribution in [0.5, 0.6) is 0 Å². The Labute approximate surface area is 158 Å². The van der Waals surface area contributed by atoms with Crippen molar-refractivity contribution in [1.29, 1.82) is 0 Å². The van der Waals surface area contributed by atoms with Crippen molar-refractivity contribution >= 4 is 11.6 Å². The Morgan fingerprint density at radius 2 is 2.22 bits per heavy atom. The van der Waals surface area contributed by atoms with E-state index in [9.17, 15) is 4.79 Å². The monoisotopic (exact) mass is 365 g/mol. The Hall–Kier alpha value is -3.21. The number of H-pyrrole nitrogens is 1. The van der Waals surface area contributed by atoms with Crippen LogP contribution in [-0.4, -0.2) is 55.2 Å². The number of pyridine rings is 1. The van der Waals surface area contributed by atoms with E-state index in [1.54, 1.807) is 9.42 Å². The Kier molecular flexibility index (Phi) is 5.21. The molecule has 8 nitrogen and oxygen atoms in total. The molecule has 0 aromatic carbocycles.